The highest BCUT2D eigenvalue weighted by atomic mass is 16.5. The molecule has 2 amide bonds. The molecule has 1 heterocycles. The van der Waals surface area contributed by atoms with Crippen molar-refractivity contribution in [3.63, 3.8) is 0 Å². The fourth-order valence-corrected chi connectivity index (χ4v) is 2.88. The molecule has 0 aliphatic carbocycles. The van der Waals surface area contributed by atoms with Gasteiger partial charge in [0.15, 0.2) is 6.10 Å². The Morgan fingerprint density at radius 1 is 1.19 bits per heavy atom. The molecule has 1 aliphatic heterocycles. The van der Waals surface area contributed by atoms with E-state index in [0.717, 1.165) is 5.56 Å². The topological polar surface area (TPSA) is 84.9 Å². The zero-order valence-corrected chi connectivity index (χ0v) is 15.1. The molecule has 0 bridgehead atoms. The van der Waals surface area contributed by atoms with Crippen molar-refractivity contribution < 1.29 is 23.9 Å². The van der Waals surface area contributed by atoms with Crippen molar-refractivity contribution in [2.75, 3.05) is 23.9 Å². The minimum absolute atomic E-state index is 0.124. The number of amides is 2. The maximum atomic E-state index is 12.8. The molecule has 0 radical (unpaired) electrons. The summed E-state index contributed by atoms with van der Waals surface area (Å²) in [4.78, 5) is 38.4. The molecular weight excluding hydrogens is 348 g/mol. The molecule has 0 aromatic heterocycles. The van der Waals surface area contributed by atoms with E-state index in [4.69, 9.17) is 9.47 Å². The van der Waals surface area contributed by atoms with Crippen LogP contribution in [0.15, 0.2) is 48.5 Å². The molecule has 0 saturated carbocycles. The third-order valence-corrected chi connectivity index (χ3v) is 4.14. The van der Waals surface area contributed by atoms with E-state index in [1.807, 2.05) is 6.07 Å². The molecule has 2 aromatic carbocycles. The van der Waals surface area contributed by atoms with E-state index in [2.05, 4.69) is 5.32 Å². The van der Waals surface area contributed by atoms with Gasteiger partial charge in [0.25, 0.3) is 5.91 Å². The Bertz CT molecular complexity index is 880. The maximum Gasteiger partial charge on any atom is 0.338 e. The smallest absolute Gasteiger partial charge is 0.338 e. The predicted molar refractivity (Wildman–Crippen MR) is 99.5 cm³/mol. The number of nitrogens with zero attached hydrogens (tertiary/aromatic N) is 1. The minimum Gasteiger partial charge on any atom is -0.449 e. The predicted octanol–water partition coefficient (Wildman–Crippen LogP) is 2.36. The van der Waals surface area contributed by atoms with Gasteiger partial charge in [-0.15, -0.1) is 0 Å². The second kappa shape index (κ2) is 8.01. The largest absolute Gasteiger partial charge is 0.449 e. The van der Waals surface area contributed by atoms with Gasteiger partial charge in [0.1, 0.15) is 6.54 Å². The molecule has 2 aromatic rings. The summed E-state index contributed by atoms with van der Waals surface area (Å²) in [5.74, 6) is -1.37. The van der Waals surface area contributed by atoms with Crippen molar-refractivity contribution in [3.8, 4) is 0 Å². The minimum atomic E-state index is -1.04. The van der Waals surface area contributed by atoms with Crippen molar-refractivity contribution in [1.82, 2.24) is 0 Å². The van der Waals surface area contributed by atoms with Crippen LogP contribution in [-0.4, -0.2) is 37.5 Å². The molecule has 7 heteroatoms. The van der Waals surface area contributed by atoms with E-state index in [-0.39, 0.29) is 12.5 Å². The molecule has 7 nitrogen and oxygen atoms in total. The third kappa shape index (κ3) is 4.15. The van der Waals surface area contributed by atoms with Gasteiger partial charge < -0.3 is 14.8 Å². The highest BCUT2D eigenvalue weighted by Crippen LogP contribution is 2.29. The number of carbonyl (C=O) groups excluding carboxylic acids is 3. The lowest BCUT2D eigenvalue weighted by Crippen LogP contribution is -2.47. The monoisotopic (exact) mass is 368 g/mol. The van der Waals surface area contributed by atoms with E-state index in [0.29, 0.717) is 23.5 Å². The van der Waals surface area contributed by atoms with Crippen molar-refractivity contribution in [1.29, 1.82) is 0 Å². The summed E-state index contributed by atoms with van der Waals surface area (Å²) in [6, 6.07) is 13.8. The molecule has 0 saturated heterocycles. The number of nitrogens with one attached hydrogen (secondary N) is 1. The normalized spacial score (nSPS) is 14.1. The summed E-state index contributed by atoms with van der Waals surface area (Å²) < 4.78 is 10.4. The fraction of sp³-hybridized carbons (Fsp3) is 0.250. The van der Waals surface area contributed by atoms with Gasteiger partial charge in [0, 0.05) is 7.11 Å². The maximum absolute atomic E-state index is 12.8. The number of para-hydroxylation sites is 2. The first-order chi connectivity index (χ1) is 13.0. The van der Waals surface area contributed by atoms with Gasteiger partial charge in [-0.05, 0) is 36.8 Å². The quantitative estimate of drug-likeness (QED) is 0.819. The van der Waals surface area contributed by atoms with Gasteiger partial charge in [-0.1, -0.05) is 24.3 Å². The molecule has 140 valence electrons. The van der Waals surface area contributed by atoms with Crippen LogP contribution in [0.25, 0.3) is 0 Å². The van der Waals surface area contributed by atoms with Crippen molar-refractivity contribution >= 4 is 29.2 Å². The van der Waals surface area contributed by atoms with Crippen LogP contribution in [0.2, 0.25) is 0 Å². The number of esters is 1. The summed E-state index contributed by atoms with van der Waals surface area (Å²) in [6.07, 6.45) is -1.04. The molecule has 0 unspecified atom stereocenters. The number of ether oxygens (including phenoxy) is 2. The number of hydrogen-bond acceptors (Lipinski definition) is 5. The standard InChI is InChI=1S/C20H20N2O5/c1-13(27-20(25)15-7-5-6-14(10-15)12-26-2)19(24)22-11-18(23)21-16-8-3-4-9-17(16)22/h3-10,13H,11-12H2,1-2H3,(H,21,23)/t13-/m1/s1. The average Bonchev–Trinajstić information content (AvgIpc) is 2.67. The Morgan fingerprint density at radius 3 is 2.74 bits per heavy atom. The summed E-state index contributed by atoms with van der Waals surface area (Å²) in [5.41, 5.74) is 2.29. The van der Waals surface area contributed by atoms with Gasteiger partial charge >= 0.3 is 5.97 Å². The van der Waals surface area contributed by atoms with Crippen LogP contribution in [0.3, 0.4) is 0 Å². The lowest BCUT2D eigenvalue weighted by atomic mass is 10.1. The van der Waals surface area contributed by atoms with Crippen molar-refractivity contribution in [2.45, 2.75) is 19.6 Å². The summed E-state index contributed by atoms with van der Waals surface area (Å²) in [7, 11) is 1.57. The van der Waals surface area contributed by atoms with E-state index in [1.165, 1.54) is 11.8 Å². The zero-order valence-electron chi connectivity index (χ0n) is 15.1. The van der Waals surface area contributed by atoms with Crippen LogP contribution in [-0.2, 0) is 25.7 Å². The first-order valence-corrected chi connectivity index (χ1v) is 8.48. The highest BCUT2D eigenvalue weighted by Gasteiger charge is 2.31. The molecule has 0 spiro atoms. The zero-order chi connectivity index (χ0) is 19.4. The third-order valence-electron chi connectivity index (χ3n) is 4.14. The Morgan fingerprint density at radius 2 is 1.96 bits per heavy atom. The molecule has 1 atom stereocenters. The van der Waals surface area contributed by atoms with Crippen LogP contribution in [0, 0.1) is 0 Å². The summed E-state index contributed by atoms with van der Waals surface area (Å²) >= 11 is 0. The first kappa shape index (κ1) is 18.6. The number of carbonyl (C=O) groups is 3. The number of hydrogen-bond donors (Lipinski definition) is 1. The lowest BCUT2D eigenvalue weighted by molar-refractivity contribution is -0.128. The number of anilines is 2. The number of benzene rings is 2. The number of fused-ring (bicyclic) bond motifs is 1. The summed E-state index contributed by atoms with van der Waals surface area (Å²) in [5, 5.41) is 2.72. The van der Waals surface area contributed by atoms with Gasteiger partial charge in [-0.3, -0.25) is 14.5 Å². The van der Waals surface area contributed by atoms with Crippen molar-refractivity contribution in [3.05, 3.63) is 59.7 Å². The van der Waals surface area contributed by atoms with E-state index in [9.17, 15) is 14.4 Å². The fourth-order valence-electron chi connectivity index (χ4n) is 2.88. The number of rotatable bonds is 5. The molecule has 0 fully saturated rings. The van der Waals surface area contributed by atoms with Crippen LogP contribution in [0.4, 0.5) is 11.4 Å². The SMILES string of the molecule is COCc1cccc(C(=O)O[C@H](C)C(=O)N2CC(=O)Nc3ccccc32)c1. The second-order valence-corrected chi connectivity index (χ2v) is 6.17. The second-order valence-electron chi connectivity index (χ2n) is 6.17. The van der Waals surface area contributed by atoms with Crippen LogP contribution in [0.5, 0.6) is 0 Å². The lowest BCUT2D eigenvalue weighted by Gasteiger charge is -2.30. The molecule has 1 N–H and O–H groups in total. The Balaban J connectivity index is 1.73. The Hall–Kier alpha value is -3.19. The van der Waals surface area contributed by atoms with E-state index < -0.39 is 18.0 Å². The number of methoxy groups -OCH3 is 1. The van der Waals surface area contributed by atoms with Gasteiger partial charge in [0.2, 0.25) is 5.91 Å². The molecular formula is C20H20N2O5. The van der Waals surface area contributed by atoms with E-state index in [1.54, 1.807) is 49.6 Å². The van der Waals surface area contributed by atoms with Crippen LogP contribution in [0.1, 0.15) is 22.8 Å². The Labute approximate surface area is 156 Å². The van der Waals surface area contributed by atoms with E-state index >= 15 is 0 Å². The average molecular weight is 368 g/mol. The molecule has 27 heavy (non-hydrogen) atoms. The van der Waals surface area contributed by atoms with Crippen molar-refractivity contribution in [2.24, 2.45) is 0 Å². The van der Waals surface area contributed by atoms with Gasteiger partial charge in [0.05, 0.1) is 23.5 Å². The van der Waals surface area contributed by atoms with Crippen LogP contribution >= 0.6 is 0 Å². The van der Waals surface area contributed by atoms with Gasteiger partial charge in [-0.25, -0.2) is 4.79 Å². The van der Waals surface area contributed by atoms with Gasteiger partial charge in [-0.2, -0.15) is 0 Å². The summed E-state index contributed by atoms with van der Waals surface area (Å²) in [6.45, 7) is 1.74. The molecule has 1 aliphatic rings. The Kier molecular flexibility index (Phi) is 5.52. The molecule has 3 rings (SSSR count). The first-order valence-electron chi connectivity index (χ1n) is 8.48. The van der Waals surface area contributed by atoms with Crippen LogP contribution < -0.4 is 10.2 Å². The highest BCUT2D eigenvalue weighted by molar-refractivity contribution is 6.11.